The van der Waals surface area contributed by atoms with Crippen LogP contribution in [0.2, 0.25) is 0 Å². The van der Waals surface area contributed by atoms with Crippen molar-refractivity contribution in [1.82, 2.24) is 10.2 Å². The summed E-state index contributed by atoms with van der Waals surface area (Å²) >= 11 is 0. The fourth-order valence-electron chi connectivity index (χ4n) is 2.75. The van der Waals surface area contributed by atoms with Crippen molar-refractivity contribution >= 4 is 29.9 Å². The van der Waals surface area contributed by atoms with Crippen LogP contribution >= 0.6 is 24.0 Å². The van der Waals surface area contributed by atoms with Gasteiger partial charge in [-0.2, -0.15) is 0 Å². The summed E-state index contributed by atoms with van der Waals surface area (Å²) < 4.78 is 5.94. The minimum Gasteiger partial charge on any atom is -0.491 e. The average Bonchev–Trinajstić information content (AvgIpc) is 3.05. The van der Waals surface area contributed by atoms with Crippen molar-refractivity contribution in [3.8, 4) is 5.75 Å². The molecule has 1 saturated heterocycles. The molecule has 0 aliphatic carbocycles. The van der Waals surface area contributed by atoms with Gasteiger partial charge in [0.05, 0.1) is 6.54 Å². The Bertz CT molecular complexity index is 485. The molecule has 0 radical (unpaired) electrons. The average molecular weight is 431 g/mol. The monoisotopic (exact) mass is 431 g/mol. The Kier molecular flexibility index (Phi) is 9.36. The summed E-state index contributed by atoms with van der Waals surface area (Å²) in [6, 6.07) is 8.28. The van der Waals surface area contributed by atoms with Crippen LogP contribution in [-0.4, -0.2) is 43.6 Å². The first-order valence-electron chi connectivity index (χ1n) is 8.47. The summed E-state index contributed by atoms with van der Waals surface area (Å²) in [4.78, 5) is 7.03. The molecule has 1 aromatic carbocycles. The minimum absolute atomic E-state index is 0. The lowest BCUT2D eigenvalue weighted by Crippen LogP contribution is -2.39. The first-order valence-corrected chi connectivity index (χ1v) is 8.47. The minimum atomic E-state index is 0. The number of aliphatic imine (C=N–C) groups is 1. The Labute approximate surface area is 157 Å². The van der Waals surface area contributed by atoms with E-state index in [-0.39, 0.29) is 24.0 Å². The molecule has 0 spiro atoms. The van der Waals surface area contributed by atoms with Crippen LogP contribution in [-0.2, 0) is 0 Å². The number of rotatable bonds is 6. The summed E-state index contributed by atoms with van der Waals surface area (Å²) in [5.74, 6) is 2.49. The van der Waals surface area contributed by atoms with Gasteiger partial charge in [-0.15, -0.1) is 24.0 Å². The van der Waals surface area contributed by atoms with Gasteiger partial charge in [0.25, 0.3) is 0 Å². The maximum absolute atomic E-state index is 5.94. The summed E-state index contributed by atoms with van der Waals surface area (Å²) in [6.45, 7) is 10.9. The van der Waals surface area contributed by atoms with Crippen molar-refractivity contribution in [2.45, 2.75) is 39.5 Å². The summed E-state index contributed by atoms with van der Waals surface area (Å²) in [5, 5.41) is 3.37. The predicted octanol–water partition coefficient (Wildman–Crippen LogP) is 3.87. The number of nitrogens with one attached hydrogen (secondary N) is 1. The largest absolute Gasteiger partial charge is 0.491 e. The van der Waals surface area contributed by atoms with Crippen LogP contribution in [0.25, 0.3) is 0 Å². The van der Waals surface area contributed by atoms with Crippen LogP contribution in [0, 0.1) is 0 Å². The third-order valence-electron chi connectivity index (χ3n) is 3.89. The van der Waals surface area contributed by atoms with E-state index in [0.29, 0.717) is 19.1 Å². The maximum Gasteiger partial charge on any atom is 0.194 e. The molecule has 5 heteroatoms. The number of benzene rings is 1. The zero-order chi connectivity index (χ0) is 15.8. The van der Waals surface area contributed by atoms with E-state index in [1.54, 1.807) is 0 Å². The lowest BCUT2D eigenvalue weighted by molar-refractivity contribution is 0.323. The SMILES string of the molecule is CCNC(=NCCOc1ccccc1C(C)C)N1CCCC1.I. The van der Waals surface area contributed by atoms with E-state index in [4.69, 9.17) is 9.73 Å². The van der Waals surface area contributed by atoms with Gasteiger partial charge in [-0.1, -0.05) is 32.0 Å². The molecule has 0 aromatic heterocycles. The second-order valence-electron chi connectivity index (χ2n) is 5.97. The Hall–Kier alpha value is -0.980. The molecule has 1 aliphatic heterocycles. The molecule has 1 aromatic rings. The van der Waals surface area contributed by atoms with Gasteiger partial charge < -0.3 is 15.0 Å². The number of hydrogen-bond donors (Lipinski definition) is 1. The number of halogens is 1. The third-order valence-corrected chi connectivity index (χ3v) is 3.89. The first-order chi connectivity index (χ1) is 10.7. The molecule has 1 heterocycles. The van der Waals surface area contributed by atoms with Gasteiger partial charge in [0.1, 0.15) is 12.4 Å². The molecular weight excluding hydrogens is 401 g/mol. The highest BCUT2D eigenvalue weighted by atomic mass is 127. The van der Waals surface area contributed by atoms with Crippen molar-refractivity contribution in [1.29, 1.82) is 0 Å². The van der Waals surface area contributed by atoms with Crippen LogP contribution < -0.4 is 10.1 Å². The highest BCUT2D eigenvalue weighted by Gasteiger charge is 2.15. The second-order valence-corrected chi connectivity index (χ2v) is 5.97. The van der Waals surface area contributed by atoms with Crippen molar-refractivity contribution in [2.24, 2.45) is 4.99 Å². The standard InChI is InChI=1S/C18H29N3O.HI/c1-4-19-18(21-12-7-8-13-21)20-11-14-22-17-10-6-5-9-16(17)15(2)3;/h5-6,9-10,15H,4,7-8,11-14H2,1-3H3,(H,19,20);1H. The molecule has 0 unspecified atom stereocenters. The molecule has 4 nitrogen and oxygen atoms in total. The molecule has 0 bridgehead atoms. The van der Waals surface area contributed by atoms with Gasteiger partial charge in [-0.3, -0.25) is 0 Å². The Morgan fingerprint density at radius 3 is 2.61 bits per heavy atom. The normalized spacial score (nSPS) is 14.8. The predicted molar refractivity (Wildman–Crippen MR) is 108 cm³/mol. The van der Waals surface area contributed by atoms with Crippen molar-refractivity contribution in [3.05, 3.63) is 29.8 Å². The van der Waals surface area contributed by atoms with E-state index in [1.807, 2.05) is 12.1 Å². The zero-order valence-electron chi connectivity index (χ0n) is 14.5. The van der Waals surface area contributed by atoms with E-state index in [0.717, 1.165) is 31.3 Å². The molecule has 1 fully saturated rings. The molecule has 2 rings (SSSR count). The zero-order valence-corrected chi connectivity index (χ0v) is 16.9. The number of nitrogens with zero attached hydrogens (tertiary/aromatic N) is 2. The lowest BCUT2D eigenvalue weighted by atomic mass is 10.0. The molecule has 0 saturated carbocycles. The fourth-order valence-corrected chi connectivity index (χ4v) is 2.75. The fraction of sp³-hybridized carbons (Fsp3) is 0.611. The van der Waals surface area contributed by atoms with Crippen LogP contribution in [0.4, 0.5) is 0 Å². The topological polar surface area (TPSA) is 36.9 Å². The van der Waals surface area contributed by atoms with Crippen LogP contribution in [0.3, 0.4) is 0 Å². The molecule has 130 valence electrons. The molecule has 1 aliphatic rings. The third kappa shape index (κ3) is 6.20. The second kappa shape index (κ2) is 10.7. The quantitative estimate of drug-likeness (QED) is 0.322. The van der Waals surface area contributed by atoms with Crippen LogP contribution in [0.1, 0.15) is 45.1 Å². The highest BCUT2D eigenvalue weighted by molar-refractivity contribution is 14.0. The molecule has 23 heavy (non-hydrogen) atoms. The van der Waals surface area contributed by atoms with Gasteiger partial charge in [-0.05, 0) is 37.3 Å². The number of likely N-dealkylation sites (tertiary alicyclic amines) is 1. The van der Waals surface area contributed by atoms with Crippen LogP contribution in [0.5, 0.6) is 5.75 Å². The number of ether oxygens (including phenoxy) is 1. The van der Waals surface area contributed by atoms with E-state index >= 15 is 0 Å². The number of para-hydroxylation sites is 1. The van der Waals surface area contributed by atoms with Gasteiger partial charge in [0.15, 0.2) is 5.96 Å². The molecule has 0 atom stereocenters. The van der Waals surface area contributed by atoms with Gasteiger partial charge in [-0.25, -0.2) is 4.99 Å². The highest BCUT2D eigenvalue weighted by Crippen LogP contribution is 2.25. The number of hydrogen-bond acceptors (Lipinski definition) is 2. The van der Waals surface area contributed by atoms with Crippen molar-refractivity contribution in [2.75, 3.05) is 32.8 Å². The van der Waals surface area contributed by atoms with Crippen molar-refractivity contribution < 1.29 is 4.74 Å². The number of guanidine groups is 1. The molecule has 0 amide bonds. The molecule has 1 N–H and O–H groups in total. The summed E-state index contributed by atoms with van der Waals surface area (Å²) in [5.41, 5.74) is 1.26. The van der Waals surface area contributed by atoms with E-state index < -0.39 is 0 Å². The first kappa shape index (κ1) is 20.1. The van der Waals surface area contributed by atoms with Crippen molar-refractivity contribution in [3.63, 3.8) is 0 Å². The molecular formula is C18H30IN3O. The lowest BCUT2D eigenvalue weighted by Gasteiger charge is -2.20. The van der Waals surface area contributed by atoms with Crippen LogP contribution in [0.15, 0.2) is 29.3 Å². The van der Waals surface area contributed by atoms with E-state index in [9.17, 15) is 0 Å². The summed E-state index contributed by atoms with van der Waals surface area (Å²) in [7, 11) is 0. The summed E-state index contributed by atoms with van der Waals surface area (Å²) in [6.07, 6.45) is 2.53. The Morgan fingerprint density at radius 1 is 1.26 bits per heavy atom. The van der Waals surface area contributed by atoms with E-state index in [2.05, 4.69) is 43.1 Å². The van der Waals surface area contributed by atoms with E-state index in [1.165, 1.54) is 18.4 Å². The maximum atomic E-state index is 5.94. The van der Waals surface area contributed by atoms with Gasteiger partial charge in [0.2, 0.25) is 0 Å². The Morgan fingerprint density at radius 2 is 1.96 bits per heavy atom. The van der Waals surface area contributed by atoms with Gasteiger partial charge >= 0.3 is 0 Å². The Balaban J connectivity index is 0.00000264. The van der Waals surface area contributed by atoms with Gasteiger partial charge in [0, 0.05) is 19.6 Å². The smallest absolute Gasteiger partial charge is 0.194 e.